The van der Waals surface area contributed by atoms with Crippen LogP contribution in [0.1, 0.15) is 0 Å². The van der Waals surface area contributed by atoms with Crippen LogP contribution in [0.2, 0.25) is 0 Å². The number of anilines is 3. The lowest BCUT2D eigenvalue weighted by molar-refractivity contribution is 0.669. The summed E-state index contributed by atoms with van der Waals surface area (Å²) in [6, 6.07) is 90.2. The Balaban J connectivity index is 1.00. The van der Waals surface area contributed by atoms with Crippen LogP contribution < -0.4 is 4.90 Å². The van der Waals surface area contributed by atoms with E-state index in [2.05, 4.69) is 248 Å². The number of furan rings is 1. The van der Waals surface area contributed by atoms with Crippen LogP contribution in [0.5, 0.6) is 0 Å². The van der Waals surface area contributed by atoms with Gasteiger partial charge in [-0.15, -0.1) is 0 Å². The van der Waals surface area contributed by atoms with Gasteiger partial charge in [0.1, 0.15) is 5.58 Å². The summed E-state index contributed by atoms with van der Waals surface area (Å²) in [4.78, 5) is 2.36. The highest BCUT2D eigenvalue weighted by Gasteiger charge is 2.22. The number of para-hydroxylation sites is 2. The minimum Gasteiger partial charge on any atom is -0.454 e. The normalized spacial score (nSPS) is 11.6. The summed E-state index contributed by atoms with van der Waals surface area (Å²) in [7, 11) is 0. The molecule has 0 atom stereocenters. The van der Waals surface area contributed by atoms with E-state index in [0.29, 0.717) is 0 Å². The van der Waals surface area contributed by atoms with Crippen molar-refractivity contribution in [3.63, 3.8) is 0 Å². The van der Waals surface area contributed by atoms with Gasteiger partial charge in [0, 0.05) is 22.1 Å². The molecular formula is C64H41NO. The van der Waals surface area contributed by atoms with E-state index in [-0.39, 0.29) is 0 Å². The van der Waals surface area contributed by atoms with E-state index >= 15 is 0 Å². The van der Waals surface area contributed by atoms with E-state index in [1.807, 2.05) is 6.07 Å². The SMILES string of the molecule is c1ccc(-c2c(-c3ccccc3)c3cc(-c4cccc(N(c5ccc(-c6cc7ccccc7c7ccccc67)cc5)c5cccc6c5oc5ccccc56)c4)ccc3c3ccccc23)cc1. The molecule has 12 aromatic carbocycles. The summed E-state index contributed by atoms with van der Waals surface area (Å²) in [5.74, 6) is 0. The zero-order valence-electron chi connectivity index (χ0n) is 36.0. The zero-order chi connectivity index (χ0) is 43.6. The highest BCUT2D eigenvalue weighted by molar-refractivity contribution is 6.22. The molecule has 0 unspecified atom stereocenters. The molecule has 13 rings (SSSR count). The lowest BCUT2D eigenvalue weighted by atomic mass is 9.84. The Morgan fingerprint density at radius 1 is 0.273 bits per heavy atom. The quantitative estimate of drug-likeness (QED) is 0.149. The molecule has 0 aliphatic rings. The molecule has 0 saturated carbocycles. The first-order chi connectivity index (χ1) is 32.7. The van der Waals surface area contributed by atoms with Crippen molar-refractivity contribution in [2.45, 2.75) is 0 Å². The molecule has 1 heterocycles. The van der Waals surface area contributed by atoms with Crippen molar-refractivity contribution in [2.24, 2.45) is 0 Å². The van der Waals surface area contributed by atoms with Gasteiger partial charge >= 0.3 is 0 Å². The fourth-order valence-electron chi connectivity index (χ4n) is 10.4. The van der Waals surface area contributed by atoms with Crippen LogP contribution in [0.4, 0.5) is 17.1 Å². The van der Waals surface area contributed by atoms with Crippen LogP contribution in [-0.4, -0.2) is 0 Å². The second-order valence-corrected chi connectivity index (χ2v) is 17.2. The van der Waals surface area contributed by atoms with Gasteiger partial charge in [0.05, 0.1) is 5.69 Å². The van der Waals surface area contributed by atoms with Gasteiger partial charge in [-0.1, -0.05) is 200 Å². The molecule has 13 aromatic rings. The Bertz CT molecular complexity index is 3980. The third-order valence-corrected chi connectivity index (χ3v) is 13.4. The highest BCUT2D eigenvalue weighted by Crippen LogP contribution is 2.47. The molecule has 66 heavy (non-hydrogen) atoms. The highest BCUT2D eigenvalue weighted by atomic mass is 16.3. The first-order valence-corrected chi connectivity index (χ1v) is 22.7. The van der Waals surface area contributed by atoms with Crippen LogP contribution in [0.15, 0.2) is 253 Å². The molecule has 1 aromatic heterocycles. The molecular weight excluding hydrogens is 799 g/mol. The lowest BCUT2D eigenvalue weighted by Crippen LogP contribution is -2.10. The van der Waals surface area contributed by atoms with E-state index < -0.39 is 0 Å². The molecule has 308 valence electrons. The molecule has 0 aliphatic heterocycles. The number of nitrogens with zero attached hydrogens (tertiary/aromatic N) is 1. The molecule has 0 N–H and O–H groups in total. The number of benzene rings is 12. The van der Waals surface area contributed by atoms with Crippen molar-refractivity contribution in [3.05, 3.63) is 249 Å². The average Bonchev–Trinajstić information content (AvgIpc) is 3.78. The molecule has 0 radical (unpaired) electrons. The van der Waals surface area contributed by atoms with Crippen molar-refractivity contribution in [1.29, 1.82) is 0 Å². The van der Waals surface area contributed by atoms with Gasteiger partial charge in [-0.05, 0) is 136 Å². The molecule has 0 amide bonds. The Morgan fingerprint density at radius 3 is 1.56 bits per heavy atom. The topological polar surface area (TPSA) is 16.4 Å². The molecule has 0 bridgehead atoms. The summed E-state index contributed by atoms with van der Waals surface area (Å²) < 4.78 is 6.75. The van der Waals surface area contributed by atoms with E-state index in [9.17, 15) is 0 Å². The van der Waals surface area contributed by atoms with Gasteiger partial charge in [0.25, 0.3) is 0 Å². The second kappa shape index (κ2) is 15.5. The first kappa shape index (κ1) is 37.8. The minimum absolute atomic E-state index is 0.854. The molecule has 2 heteroatoms. The maximum Gasteiger partial charge on any atom is 0.159 e. The van der Waals surface area contributed by atoms with Crippen LogP contribution in [0, 0.1) is 0 Å². The van der Waals surface area contributed by atoms with Gasteiger partial charge < -0.3 is 9.32 Å². The summed E-state index contributed by atoms with van der Waals surface area (Å²) in [6.07, 6.45) is 0. The monoisotopic (exact) mass is 839 g/mol. The van der Waals surface area contributed by atoms with Crippen molar-refractivity contribution in [2.75, 3.05) is 4.90 Å². The molecule has 2 nitrogen and oxygen atoms in total. The standard InChI is InChI=1S/C64H41NO/c1-3-17-43(18-4-1)62-56-29-12-11-26-52(56)54-38-35-46(40-59(54)63(62)44-19-5-2-6-20-44)45-22-15-23-49(39-45)65(60-31-16-30-57-55-28-13-14-32-61(55)66-64(57)60)48-36-33-42(34-37-48)58-41-47-21-7-8-24-50(47)51-25-9-10-27-53(51)58/h1-41H. The summed E-state index contributed by atoms with van der Waals surface area (Å²) in [5.41, 5.74) is 14.4. The second-order valence-electron chi connectivity index (χ2n) is 17.2. The van der Waals surface area contributed by atoms with Gasteiger partial charge in [-0.3, -0.25) is 0 Å². The predicted molar refractivity (Wildman–Crippen MR) is 280 cm³/mol. The minimum atomic E-state index is 0.854. The van der Waals surface area contributed by atoms with Gasteiger partial charge in [0.2, 0.25) is 0 Å². The lowest BCUT2D eigenvalue weighted by Gasteiger charge is -2.26. The summed E-state index contributed by atoms with van der Waals surface area (Å²) >= 11 is 0. The number of fused-ring (bicyclic) bond motifs is 9. The van der Waals surface area contributed by atoms with Crippen LogP contribution in [0.25, 0.3) is 110 Å². The Labute approximate surface area is 382 Å². The largest absolute Gasteiger partial charge is 0.454 e. The van der Waals surface area contributed by atoms with Crippen LogP contribution in [0.3, 0.4) is 0 Å². The summed E-state index contributed by atoms with van der Waals surface area (Å²) in [5, 5.41) is 12.2. The number of hydrogen-bond acceptors (Lipinski definition) is 2. The predicted octanol–water partition coefficient (Wildman–Crippen LogP) is 18.3. The van der Waals surface area contributed by atoms with E-state index in [1.54, 1.807) is 0 Å². The van der Waals surface area contributed by atoms with Gasteiger partial charge in [-0.25, -0.2) is 0 Å². The number of rotatable bonds is 7. The Hall–Kier alpha value is -8.72. The molecule has 0 spiro atoms. The molecule has 0 aliphatic carbocycles. The van der Waals surface area contributed by atoms with E-state index in [0.717, 1.165) is 50.1 Å². The maximum atomic E-state index is 6.75. The van der Waals surface area contributed by atoms with Crippen molar-refractivity contribution < 1.29 is 4.42 Å². The molecule has 0 saturated heterocycles. The maximum absolute atomic E-state index is 6.75. The van der Waals surface area contributed by atoms with Gasteiger partial charge in [-0.2, -0.15) is 0 Å². The zero-order valence-corrected chi connectivity index (χ0v) is 36.0. The fourth-order valence-corrected chi connectivity index (χ4v) is 10.4. The Kier molecular flexibility index (Phi) is 8.89. The molecule has 0 fully saturated rings. The van der Waals surface area contributed by atoms with Crippen molar-refractivity contribution in [1.82, 2.24) is 0 Å². The van der Waals surface area contributed by atoms with Crippen molar-refractivity contribution in [3.8, 4) is 44.5 Å². The first-order valence-electron chi connectivity index (χ1n) is 22.7. The smallest absolute Gasteiger partial charge is 0.159 e. The summed E-state index contributed by atoms with van der Waals surface area (Å²) in [6.45, 7) is 0. The van der Waals surface area contributed by atoms with E-state index in [1.165, 1.54) is 76.5 Å². The number of hydrogen-bond donors (Lipinski definition) is 0. The van der Waals surface area contributed by atoms with Crippen molar-refractivity contribution >= 4 is 82.1 Å². The van der Waals surface area contributed by atoms with Crippen LogP contribution >= 0.6 is 0 Å². The van der Waals surface area contributed by atoms with Crippen LogP contribution in [-0.2, 0) is 0 Å². The van der Waals surface area contributed by atoms with E-state index in [4.69, 9.17) is 4.42 Å². The van der Waals surface area contributed by atoms with Gasteiger partial charge in [0.15, 0.2) is 5.58 Å². The third-order valence-electron chi connectivity index (χ3n) is 13.4. The Morgan fingerprint density at radius 2 is 0.803 bits per heavy atom. The third kappa shape index (κ3) is 6.18. The fraction of sp³-hybridized carbons (Fsp3) is 0. The average molecular weight is 840 g/mol.